The van der Waals surface area contributed by atoms with Gasteiger partial charge in [0.05, 0.1) is 14.2 Å². The van der Waals surface area contributed by atoms with Crippen LogP contribution < -0.4 is 20.1 Å². The van der Waals surface area contributed by atoms with Crippen LogP contribution in [0, 0.1) is 0 Å². The molecule has 3 N–H and O–H groups in total. The van der Waals surface area contributed by atoms with Crippen molar-refractivity contribution >= 4 is 5.91 Å². The zero-order chi connectivity index (χ0) is 17.4. The number of methoxy groups -OCH3 is 2. The Kier molecular flexibility index (Phi) is 6.63. The molecule has 0 heterocycles. The quantitative estimate of drug-likeness (QED) is 0.774. The molecule has 0 saturated carbocycles. The molecule has 0 spiro atoms. The van der Waals surface area contributed by atoms with Crippen LogP contribution in [0.25, 0.3) is 0 Å². The van der Waals surface area contributed by atoms with Crippen LogP contribution in [0.15, 0.2) is 48.5 Å². The highest BCUT2D eigenvalue weighted by Crippen LogP contribution is 2.27. The Morgan fingerprint density at radius 1 is 1.08 bits per heavy atom. The van der Waals surface area contributed by atoms with Gasteiger partial charge in [0.2, 0.25) is 0 Å². The average molecular weight is 329 g/mol. The summed E-state index contributed by atoms with van der Waals surface area (Å²) < 4.78 is 10.5. The van der Waals surface area contributed by atoms with Crippen molar-refractivity contribution in [2.24, 2.45) is 0 Å². The first-order valence-corrected chi connectivity index (χ1v) is 8.00. The molecule has 0 aliphatic rings. The number of amides is 1. The van der Waals surface area contributed by atoms with E-state index in [0.717, 1.165) is 5.56 Å². The monoisotopic (exact) mass is 329 g/mol. The maximum atomic E-state index is 12.0. The third-order valence-electron chi connectivity index (χ3n) is 3.92. The van der Waals surface area contributed by atoms with E-state index < -0.39 is 0 Å². The molecule has 2 aromatic rings. The van der Waals surface area contributed by atoms with Gasteiger partial charge in [0.1, 0.15) is 6.04 Å². The Morgan fingerprint density at radius 2 is 1.79 bits per heavy atom. The maximum Gasteiger partial charge on any atom is 0.275 e. The Labute approximate surface area is 143 Å². The first-order chi connectivity index (χ1) is 11.6. The highest BCUT2D eigenvalue weighted by Gasteiger charge is 2.11. The average Bonchev–Trinajstić information content (AvgIpc) is 2.64. The van der Waals surface area contributed by atoms with Crippen molar-refractivity contribution in [3.8, 4) is 11.5 Å². The topological polar surface area (TPSA) is 64.2 Å². The highest BCUT2D eigenvalue weighted by molar-refractivity contribution is 5.76. The van der Waals surface area contributed by atoms with Gasteiger partial charge in [-0.05, 0) is 24.6 Å². The van der Waals surface area contributed by atoms with Crippen LogP contribution >= 0.6 is 0 Å². The smallest absolute Gasteiger partial charge is 0.275 e. The molecule has 128 valence electrons. The molecule has 2 rings (SSSR count). The number of hydrogen-bond acceptors (Lipinski definition) is 3. The molecular formula is C19H25N2O3+. The minimum atomic E-state index is 0.00701. The summed E-state index contributed by atoms with van der Waals surface area (Å²) in [5, 5.41) is 4.96. The van der Waals surface area contributed by atoms with Crippen LogP contribution in [0.4, 0.5) is 0 Å². The van der Waals surface area contributed by atoms with Crippen molar-refractivity contribution in [3.05, 3.63) is 59.7 Å². The van der Waals surface area contributed by atoms with Gasteiger partial charge in [-0.3, -0.25) is 4.79 Å². The first kappa shape index (κ1) is 17.8. The molecule has 0 fully saturated rings. The minimum Gasteiger partial charge on any atom is -0.493 e. The van der Waals surface area contributed by atoms with Crippen molar-refractivity contribution < 1.29 is 19.6 Å². The lowest BCUT2D eigenvalue weighted by molar-refractivity contribution is -0.682. The van der Waals surface area contributed by atoms with Gasteiger partial charge in [-0.25, -0.2) is 0 Å². The third kappa shape index (κ3) is 4.99. The summed E-state index contributed by atoms with van der Waals surface area (Å²) in [6, 6.07) is 16.0. The highest BCUT2D eigenvalue weighted by atomic mass is 16.5. The zero-order valence-corrected chi connectivity index (χ0v) is 14.4. The van der Waals surface area contributed by atoms with E-state index in [1.807, 2.05) is 41.7 Å². The van der Waals surface area contributed by atoms with Gasteiger partial charge in [-0.1, -0.05) is 36.4 Å². The van der Waals surface area contributed by atoms with E-state index in [1.165, 1.54) is 5.56 Å². The van der Waals surface area contributed by atoms with E-state index in [1.54, 1.807) is 14.2 Å². The predicted octanol–water partition coefficient (Wildman–Crippen LogP) is 1.64. The summed E-state index contributed by atoms with van der Waals surface area (Å²) in [4.78, 5) is 12.0. The van der Waals surface area contributed by atoms with Gasteiger partial charge in [-0.15, -0.1) is 0 Å². The molecule has 24 heavy (non-hydrogen) atoms. The van der Waals surface area contributed by atoms with E-state index in [0.29, 0.717) is 24.6 Å². The Bertz CT molecular complexity index is 659. The molecular weight excluding hydrogens is 304 g/mol. The lowest BCUT2D eigenvalue weighted by Crippen LogP contribution is -2.87. The van der Waals surface area contributed by atoms with Crippen LogP contribution in [0.1, 0.15) is 24.1 Å². The van der Waals surface area contributed by atoms with E-state index >= 15 is 0 Å². The predicted molar refractivity (Wildman–Crippen MR) is 93.0 cm³/mol. The SMILES string of the molecule is COc1ccc(CNC(=O)C[NH2+][C@@H](C)c2ccccc2)cc1OC. The van der Waals surface area contributed by atoms with Gasteiger partial charge in [-0.2, -0.15) is 0 Å². The molecule has 0 aromatic heterocycles. The van der Waals surface area contributed by atoms with Crippen LogP contribution in [0.3, 0.4) is 0 Å². The van der Waals surface area contributed by atoms with Crippen LogP contribution in [-0.4, -0.2) is 26.7 Å². The van der Waals surface area contributed by atoms with Gasteiger partial charge in [0.25, 0.3) is 5.91 Å². The number of ether oxygens (including phenoxy) is 2. The maximum absolute atomic E-state index is 12.0. The second kappa shape index (κ2) is 8.93. The van der Waals surface area contributed by atoms with Gasteiger partial charge in [0.15, 0.2) is 18.0 Å². The molecule has 1 amide bonds. The summed E-state index contributed by atoms with van der Waals surface area (Å²) in [5.41, 5.74) is 2.18. The number of hydrogen-bond donors (Lipinski definition) is 2. The number of carbonyl (C=O) groups is 1. The molecule has 0 aliphatic heterocycles. The van der Waals surface area contributed by atoms with Gasteiger partial charge < -0.3 is 20.1 Å². The van der Waals surface area contributed by atoms with E-state index in [-0.39, 0.29) is 11.9 Å². The molecule has 0 unspecified atom stereocenters. The number of carbonyl (C=O) groups excluding carboxylic acids is 1. The number of nitrogens with two attached hydrogens (primary N) is 1. The fraction of sp³-hybridized carbons (Fsp3) is 0.316. The summed E-state index contributed by atoms with van der Waals surface area (Å²) in [5.74, 6) is 1.35. The largest absolute Gasteiger partial charge is 0.493 e. The Hall–Kier alpha value is -2.53. The standard InChI is InChI=1S/C19H24N2O3/c1-14(16-7-5-4-6-8-16)20-13-19(22)21-12-15-9-10-17(23-2)18(11-15)24-3/h4-11,14,20H,12-13H2,1-3H3,(H,21,22)/p+1/t14-/m0/s1. The number of nitrogens with one attached hydrogen (secondary N) is 1. The van der Waals surface area contributed by atoms with E-state index in [2.05, 4.69) is 24.4 Å². The fourth-order valence-electron chi connectivity index (χ4n) is 2.44. The van der Waals surface area contributed by atoms with E-state index in [9.17, 15) is 4.79 Å². The second-order valence-electron chi connectivity index (χ2n) is 5.61. The summed E-state index contributed by atoms with van der Waals surface area (Å²) in [7, 11) is 3.20. The van der Waals surface area contributed by atoms with Gasteiger partial charge >= 0.3 is 0 Å². The molecule has 0 aliphatic carbocycles. The summed E-state index contributed by atoms with van der Waals surface area (Å²) in [6.45, 7) is 2.95. The number of quaternary nitrogens is 1. The van der Waals surface area contributed by atoms with Crippen molar-refractivity contribution in [2.75, 3.05) is 20.8 Å². The summed E-state index contributed by atoms with van der Waals surface area (Å²) in [6.07, 6.45) is 0. The van der Waals surface area contributed by atoms with E-state index in [4.69, 9.17) is 9.47 Å². The molecule has 5 nitrogen and oxygen atoms in total. The molecule has 0 bridgehead atoms. The van der Waals surface area contributed by atoms with Crippen LogP contribution in [0.2, 0.25) is 0 Å². The number of rotatable bonds is 8. The molecule has 2 aromatic carbocycles. The summed E-state index contributed by atoms with van der Waals surface area (Å²) >= 11 is 0. The molecule has 1 atom stereocenters. The third-order valence-corrected chi connectivity index (χ3v) is 3.92. The van der Waals surface area contributed by atoms with Crippen molar-refractivity contribution in [2.45, 2.75) is 19.5 Å². The van der Waals surface area contributed by atoms with Crippen molar-refractivity contribution in [1.29, 1.82) is 0 Å². The fourth-order valence-corrected chi connectivity index (χ4v) is 2.44. The Balaban J connectivity index is 1.81. The second-order valence-corrected chi connectivity index (χ2v) is 5.61. The lowest BCUT2D eigenvalue weighted by Gasteiger charge is -2.12. The van der Waals surface area contributed by atoms with Gasteiger partial charge in [0, 0.05) is 12.1 Å². The first-order valence-electron chi connectivity index (χ1n) is 8.00. The lowest BCUT2D eigenvalue weighted by atomic mass is 10.1. The van der Waals surface area contributed by atoms with Crippen LogP contribution in [-0.2, 0) is 11.3 Å². The number of benzene rings is 2. The minimum absolute atomic E-state index is 0.00701. The Morgan fingerprint density at radius 3 is 2.46 bits per heavy atom. The normalized spacial score (nSPS) is 11.6. The molecule has 0 radical (unpaired) electrons. The molecule has 0 saturated heterocycles. The van der Waals surface area contributed by atoms with Crippen LogP contribution in [0.5, 0.6) is 11.5 Å². The van der Waals surface area contributed by atoms with Crippen molar-refractivity contribution in [3.63, 3.8) is 0 Å². The zero-order valence-electron chi connectivity index (χ0n) is 14.4. The molecule has 5 heteroatoms. The van der Waals surface area contributed by atoms with Crippen molar-refractivity contribution in [1.82, 2.24) is 5.32 Å².